The molecule has 0 saturated heterocycles. The third-order valence-electron chi connectivity index (χ3n) is 3.29. The second-order valence-corrected chi connectivity index (χ2v) is 5.58. The van der Waals surface area contributed by atoms with E-state index in [0.29, 0.717) is 21.9 Å². The Bertz CT molecular complexity index is 769. The Kier molecular flexibility index (Phi) is 4.47. The summed E-state index contributed by atoms with van der Waals surface area (Å²) in [7, 11) is 0. The highest BCUT2D eigenvalue weighted by molar-refractivity contribution is 7.98. The number of anilines is 1. The molecule has 0 aliphatic heterocycles. The summed E-state index contributed by atoms with van der Waals surface area (Å²) in [6.07, 6.45) is 0. The van der Waals surface area contributed by atoms with Crippen molar-refractivity contribution in [3.63, 3.8) is 0 Å². The molecule has 21 heavy (non-hydrogen) atoms. The number of thioether (sulfide) groups is 1. The first-order valence-corrected chi connectivity index (χ1v) is 7.34. The van der Waals surface area contributed by atoms with Gasteiger partial charge in [0.05, 0.1) is 11.1 Å². The quantitative estimate of drug-likeness (QED) is 0.877. The van der Waals surface area contributed by atoms with Crippen molar-refractivity contribution in [3.8, 4) is 12.1 Å². The summed E-state index contributed by atoms with van der Waals surface area (Å²) in [6.45, 7) is 3.78. The molecule has 2 aromatic rings. The van der Waals surface area contributed by atoms with Gasteiger partial charge >= 0.3 is 0 Å². The van der Waals surface area contributed by atoms with Crippen molar-refractivity contribution >= 4 is 17.6 Å². The van der Waals surface area contributed by atoms with E-state index in [1.807, 2.05) is 37.3 Å². The van der Waals surface area contributed by atoms with Crippen LogP contribution in [0, 0.1) is 36.5 Å². The predicted molar refractivity (Wildman–Crippen MR) is 83.6 cm³/mol. The van der Waals surface area contributed by atoms with E-state index in [1.165, 1.54) is 22.9 Å². The number of benzene rings is 1. The first-order valence-electron chi connectivity index (χ1n) is 6.36. The first-order chi connectivity index (χ1) is 10.1. The molecule has 0 bridgehead atoms. The van der Waals surface area contributed by atoms with Crippen molar-refractivity contribution in [2.45, 2.75) is 24.6 Å². The molecule has 0 aliphatic carbocycles. The standard InChI is InChI=1S/C16H14N4S/c1-10-5-3-4-6-12(10)9-21-16-14(8-18)11(2)13(7-17)15(19)20-16/h3-6H,9H2,1-2H3,(H2,19,20). The lowest BCUT2D eigenvalue weighted by atomic mass is 10.1. The fourth-order valence-corrected chi connectivity index (χ4v) is 3.12. The summed E-state index contributed by atoms with van der Waals surface area (Å²) >= 11 is 1.46. The van der Waals surface area contributed by atoms with Crippen LogP contribution in [0.1, 0.15) is 27.8 Å². The fourth-order valence-electron chi connectivity index (χ4n) is 1.99. The number of nitrogens with zero attached hydrogens (tertiary/aromatic N) is 3. The lowest BCUT2D eigenvalue weighted by molar-refractivity contribution is 1.08. The molecular formula is C16H14N4S. The molecular weight excluding hydrogens is 280 g/mol. The van der Waals surface area contributed by atoms with E-state index < -0.39 is 0 Å². The van der Waals surface area contributed by atoms with Crippen molar-refractivity contribution < 1.29 is 0 Å². The van der Waals surface area contributed by atoms with Gasteiger partial charge in [-0.2, -0.15) is 10.5 Å². The van der Waals surface area contributed by atoms with E-state index in [4.69, 9.17) is 11.0 Å². The van der Waals surface area contributed by atoms with Gasteiger partial charge in [0.2, 0.25) is 0 Å². The smallest absolute Gasteiger partial charge is 0.143 e. The molecule has 0 saturated carbocycles. The third-order valence-corrected chi connectivity index (χ3v) is 4.32. The second-order valence-electron chi connectivity index (χ2n) is 4.62. The van der Waals surface area contributed by atoms with Gasteiger partial charge in [-0.25, -0.2) is 4.98 Å². The Morgan fingerprint density at radius 2 is 1.81 bits per heavy atom. The highest BCUT2D eigenvalue weighted by Crippen LogP contribution is 2.30. The van der Waals surface area contributed by atoms with E-state index in [2.05, 4.69) is 11.1 Å². The fraction of sp³-hybridized carbons (Fsp3) is 0.188. The zero-order valence-corrected chi connectivity index (χ0v) is 12.7. The molecule has 0 amide bonds. The molecule has 0 radical (unpaired) electrons. The van der Waals surface area contributed by atoms with Gasteiger partial charge in [0.15, 0.2) is 0 Å². The number of nitrogens with two attached hydrogens (primary N) is 1. The van der Waals surface area contributed by atoms with Crippen LogP contribution < -0.4 is 5.73 Å². The zero-order chi connectivity index (χ0) is 15.4. The summed E-state index contributed by atoms with van der Waals surface area (Å²) in [6, 6.07) is 12.2. The first kappa shape index (κ1) is 14.9. The molecule has 0 spiro atoms. The SMILES string of the molecule is Cc1ccccc1CSc1nc(N)c(C#N)c(C)c1C#N. The van der Waals surface area contributed by atoms with Crippen molar-refractivity contribution in [3.05, 3.63) is 52.1 Å². The maximum Gasteiger partial charge on any atom is 0.143 e. The van der Waals surface area contributed by atoms with E-state index in [0.717, 1.165) is 0 Å². The minimum Gasteiger partial charge on any atom is -0.383 e. The van der Waals surface area contributed by atoms with Gasteiger partial charge in [-0.3, -0.25) is 0 Å². The summed E-state index contributed by atoms with van der Waals surface area (Å²) < 4.78 is 0. The van der Waals surface area contributed by atoms with Crippen LogP contribution in [0.15, 0.2) is 29.3 Å². The maximum atomic E-state index is 9.31. The van der Waals surface area contributed by atoms with Crippen LogP contribution in [-0.2, 0) is 5.75 Å². The molecule has 104 valence electrons. The highest BCUT2D eigenvalue weighted by atomic mass is 32.2. The lowest BCUT2D eigenvalue weighted by Crippen LogP contribution is -2.03. The largest absolute Gasteiger partial charge is 0.383 e. The van der Waals surface area contributed by atoms with Crippen molar-refractivity contribution in [1.82, 2.24) is 4.98 Å². The zero-order valence-electron chi connectivity index (χ0n) is 11.8. The lowest BCUT2D eigenvalue weighted by Gasteiger charge is -2.10. The summed E-state index contributed by atoms with van der Waals surface area (Å²) in [5.41, 5.74) is 9.49. The normalized spacial score (nSPS) is 9.90. The molecule has 2 rings (SSSR count). The number of aryl methyl sites for hydroxylation is 1. The highest BCUT2D eigenvalue weighted by Gasteiger charge is 2.15. The second kappa shape index (κ2) is 6.30. The van der Waals surface area contributed by atoms with E-state index >= 15 is 0 Å². The molecule has 5 heteroatoms. The average Bonchev–Trinajstić information content (AvgIpc) is 2.46. The minimum atomic E-state index is 0.182. The van der Waals surface area contributed by atoms with Crippen LogP contribution in [0.5, 0.6) is 0 Å². The molecule has 1 heterocycles. The Morgan fingerprint density at radius 1 is 1.14 bits per heavy atom. The maximum absolute atomic E-state index is 9.31. The number of pyridine rings is 1. The van der Waals surface area contributed by atoms with Crippen molar-refractivity contribution in [1.29, 1.82) is 10.5 Å². The molecule has 4 nitrogen and oxygen atoms in total. The number of rotatable bonds is 3. The van der Waals surface area contributed by atoms with Gasteiger partial charge in [0, 0.05) is 5.75 Å². The Hall–Kier alpha value is -2.50. The Morgan fingerprint density at radius 3 is 2.43 bits per heavy atom. The monoisotopic (exact) mass is 294 g/mol. The van der Waals surface area contributed by atoms with Crippen LogP contribution in [0.4, 0.5) is 5.82 Å². The van der Waals surface area contributed by atoms with Gasteiger partial charge in [-0.05, 0) is 30.5 Å². The van der Waals surface area contributed by atoms with Gasteiger partial charge in [-0.15, -0.1) is 11.8 Å². The number of hydrogen-bond donors (Lipinski definition) is 1. The van der Waals surface area contributed by atoms with Crippen molar-refractivity contribution in [2.24, 2.45) is 0 Å². The van der Waals surface area contributed by atoms with Crippen molar-refractivity contribution in [2.75, 3.05) is 5.73 Å². The number of aromatic nitrogens is 1. The van der Waals surface area contributed by atoms with E-state index in [1.54, 1.807) is 6.92 Å². The molecule has 1 aromatic heterocycles. The summed E-state index contributed by atoms with van der Waals surface area (Å²) in [4.78, 5) is 4.22. The number of nitriles is 2. The van der Waals surface area contributed by atoms with E-state index in [9.17, 15) is 5.26 Å². The molecule has 0 aliphatic rings. The molecule has 0 fully saturated rings. The van der Waals surface area contributed by atoms with Gasteiger partial charge < -0.3 is 5.73 Å². The number of nitrogen functional groups attached to an aromatic ring is 1. The third kappa shape index (κ3) is 2.99. The molecule has 0 unspecified atom stereocenters. The molecule has 1 aromatic carbocycles. The predicted octanol–water partition coefficient (Wildman–Crippen LogP) is 3.32. The number of hydrogen-bond acceptors (Lipinski definition) is 5. The van der Waals surface area contributed by atoms with Gasteiger partial charge in [-0.1, -0.05) is 24.3 Å². The van der Waals surface area contributed by atoms with Crippen LogP contribution in [0.2, 0.25) is 0 Å². The van der Waals surface area contributed by atoms with Crippen LogP contribution >= 0.6 is 11.8 Å². The minimum absolute atomic E-state index is 0.182. The topological polar surface area (TPSA) is 86.5 Å². The molecule has 2 N–H and O–H groups in total. The molecule has 0 atom stereocenters. The Labute approximate surface area is 128 Å². The van der Waals surface area contributed by atoms with Gasteiger partial charge in [0.25, 0.3) is 0 Å². The average molecular weight is 294 g/mol. The summed E-state index contributed by atoms with van der Waals surface area (Å²) in [5, 5.41) is 19.0. The van der Waals surface area contributed by atoms with Gasteiger partial charge in [0.1, 0.15) is 23.0 Å². The van der Waals surface area contributed by atoms with E-state index in [-0.39, 0.29) is 11.4 Å². The Balaban J connectivity index is 2.36. The van der Waals surface area contributed by atoms with Crippen LogP contribution in [-0.4, -0.2) is 4.98 Å². The van der Waals surface area contributed by atoms with Crippen LogP contribution in [0.3, 0.4) is 0 Å². The summed E-state index contributed by atoms with van der Waals surface area (Å²) in [5.74, 6) is 0.889. The van der Waals surface area contributed by atoms with Crippen LogP contribution in [0.25, 0.3) is 0 Å².